The number of carbonyl (C=O) groups excluding carboxylic acids is 1. The van der Waals surface area contributed by atoms with E-state index >= 15 is 0 Å². The van der Waals surface area contributed by atoms with Crippen molar-refractivity contribution in [2.24, 2.45) is 0 Å². The first-order valence-corrected chi connectivity index (χ1v) is 11.8. The van der Waals surface area contributed by atoms with Gasteiger partial charge in [0.2, 0.25) is 10.0 Å². The number of aromatic nitrogens is 3. The lowest BCUT2D eigenvalue weighted by atomic mass is 10.1. The number of rotatable bonds is 6. The standard InChI is InChI=1S/C20H22ClN5O3S/c21-17-14-15(26-12-3-4-13-30(26,28)29)8-9-16(17)20(27)22-10-5-7-19-24-23-18-6-1-2-11-25(18)19/h1-2,6,8-9,11,14H,3-5,7,10,12-13H2,(H,22,27). The third-order valence-corrected chi connectivity index (χ3v) is 7.26. The normalized spacial score (nSPS) is 16.0. The quantitative estimate of drug-likeness (QED) is 0.586. The van der Waals surface area contributed by atoms with E-state index in [1.54, 1.807) is 18.2 Å². The zero-order chi connectivity index (χ0) is 21.1. The van der Waals surface area contributed by atoms with E-state index in [4.69, 9.17) is 11.6 Å². The van der Waals surface area contributed by atoms with Crippen LogP contribution < -0.4 is 9.62 Å². The molecule has 158 valence electrons. The Morgan fingerprint density at radius 1 is 1.17 bits per heavy atom. The lowest BCUT2D eigenvalue weighted by molar-refractivity contribution is 0.0953. The summed E-state index contributed by atoms with van der Waals surface area (Å²) in [6.07, 6.45) is 4.75. The van der Waals surface area contributed by atoms with Gasteiger partial charge in [-0.25, -0.2) is 8.42 Å². The SMILES string of the molecule is O=C(NCCCc1nnc2ccccn12)c1ccc(N2CCCCS2(=O)=O)cc1Cl. The third kappa shape index (κ3) is 4.27. The maximum absolute atomic E-state index is 12.5. The molecule has 0 saturated carbocycles. The van der Waals surface area contributed by atoms with E-state index in [1.807, 2.05) is 28.8 Å². The van der Waals surface area contributed by atoms with Crippen molar-refractivity contribution in [2.75, 3.05) is 23.1 Å². The van der Waals surface area contributed by atoms with Gasteiger partial charge in [-0.3, -0.25) is 13.5 Å². The Balaban J connectivity index is 1.35. The smallest absolute Gasteiger partial charge is 0.252 e. The molecule has 4 rings (SSSR count). The molecule has 30 heavy (non-hydrogen) atoms. The molecule has 0 atom stereocenters. The summed E-state index contributed by atoms with van der Waals surface area (Å²) < 4.78 is 27.8. The molecule has 1 N–H and O–H groups in total. The van der Waals surface area contributed by atoms with Gasteiger partial charge < -0.3 is 5.32 Å². The first-order valence-electron chi connectivity index (χ1n) is 9.82. The predicted molar refractivity (Wildman–Crippen MR) is 115 cm³/mol. The van der Waals surface area contributed by atoms with Gasteiger partial charge in [-0.2, -0.15) is 0 Å². The number of hydrogen-bond acceptors (Lipinski definition) is 5. The lowest BCUT2D eigenvalue weighted by Crippen LogP contribution is -2.37. The highest BCUT2D eigenvalue weighted by atomic mass is 35.5. The molecule has 8 nitrogen and oxygen atoms in total. The molecular formula is C20H22ClN5O3S. The monoisotopic (exact) mass is 447 g/mol. The average molecular weight is 448 g/mol. The lowest BCUT2D eigenvalue weighted by Gasteiger charge is -2.28. The van der Waals surface area contributed by atoms with E-state index in [0.29, 0.717) is 43.6 Å². The van der Waals surface area contributed by atoms with Gasteiger partial charge in [0.15, 0.2) is 5.65 Å². The highest BCUT2D eigenvalue weighted by Crippen LogP contribution is 2.28. The maximum atomic E-state index is 12.5. The number of nitrogens with zero attached hydrogens (tertiary/aromatic N) is 4. The van der Waals surface area contributed by atoms with Crippen molar-refractivity contribution >= 4 is 38.9 Å². The van der Waals surface area contributed by atoms with E-state index in [1.165, 1.54) is 4.31 Å². The van der Waals surface area contributed by atoms with E-state index in [0.717, 1.165) is 17.9 Å². The van der Waals surface area contributed by atoms with E-state index in [-0.39, 0.29) is 16.7 Å². The fourth-order valence-corrected chi connectivity index (χ4v) is 5.42. The Labute approximate surface area is 179 Å². The van der Waals surface area contributed by atoms with E-state index < -0.39 is 10.0 Å². The molecule has 10 heteroatoms. The first-order chi connectivity index (χ1) is 14.5. The van der Waals surface area contributed by atoms with Crippen LogP contribution in [0.4, 0.5) is 5.69 Å². The summed E-state index contributed by atoms with van der Waals surface area (Å²) in [4.78, 5) is 12.5. The number of pyridine rings is 1. The molecule has 1 fully saturated rings. The largest absolute Gasteiger partial charge is 0.352 e. The fourth-order valence-electron chi connectivity index (χ4n) is 3.53. The summed E-state index contributed by atoms with van der Waals surface area (Å²) in [5.41, 5.74) is 1.61. The van der Waals surface area contributed by atoms with Crippen molar-refractivity contribution in [3.8, 4) is 0 Å². The molecule has 3 aromatic rings. The highest BCUT2D eigenvalue weighted by Gasteiger charge is 2.26. The summed E-state index contributed by atoms with van der Waals surface area (Å²) in [6.45, 7) is 0.890. The van der Waals surface area contributed by atoms with Crippen molar-refractivity contribution < 1.29 is 13.2 Å². The van der Waals surface area contributed by atoms with Crippen LogP contribution in [0.2, 0.25) is 5.02 Å². The molecule has 1 aliphatic heterocycles. The van der Waals surface area contributed by atoms with E-state index in [9.17, 15) is 13.2 Å². The van der Waals surface area contributed by atoms with Crippen LogP contribution in [0.5, 0.6) is 0 Å². The highest BCUT2D eigenvalue weighted by molar-refractivity contribution is 7.92. The van der Waals surface area contributed by atoms with Gasteiger partial charge in [0, 0.05) is 25.7 Å². The summed E-state index contributed by atoms with van der Waals surface area (Å²) in [5, 5.41) is 11.4. The Kier molecular flexibility index (Phi) is 5.92. The van der Waals surface area contributed by atoms with Crippen LogP contribution in [0.3, 0.4) is 0 Å². The summed E-state index contributed by atoms with van der Waals surface area (Å²) >= 11 is 6.29. The fraction of sp³-hybridized carbons (Fsp3) is 0.350. The molecule has 0 radical (unpaired) electrons. The molecule has 0 unspecified atom stereocenters. The van der Waals surface area contributed by atoms with Crippen LogP contribution in [-0.4, -0.2) is 47.8 Å². The maximum Gasteiger partial charge on any atom is 0.252 e. The van der Waals surface area contributed by atoms with Crippen LogP contribution in [-0.2, 0) is 16.4 Å². The number of benzene rings is 1. The number of hydrogen-bond donors (Lipinski definition) is 1. The van der Waals surface area contributed by atoms with Crippen molar-refractivity contribution in [1.29, 1.82) is 0 Å². The van der Waals surface area contributed by atoms with Gasteiger partial charge >= 0.3 is 0 Å². The van der Waals surface area contributed by atoms with Gasteiger partial charge in [0.05, 0.1) is 22.0 Å². The number of sulfonamides is 1. The van der Waals surface area contributed by atoms with Crippen LogP contribution in [0.15, 0.2) is 42.6 Å². The number of halogens is 1. The molecular weight excluding hydrogens is 426 g/mol. The molecule has 1 aromatic carbocycles. The van der Waals surface area contributed by atoms with Crippen molar-refractivity contribution in [3.05, 3.63) is 59.0 Å². The van der Waals surface area contributed by atoms with Crippen molar-refractivity contribution in [3.63, 3.8) is 0 Å². The van der Waals surface area contributed by atoms with Crippen molar-refractivity contribution in [1.82, 2.24) is 19.9 Å². The molecule has 0 aliphatic carbocycles. The third-order valence-electron chi connectivity index (χ3n) is 5.08. The predicted octanol–water partition coefficient (Wildman–Crippen LogP) is 2.68. The Morgan fingerprint density at radius 3 is 2.83 bits per heavy atom. The van der Waals surface area contributed by atoms with Gasteiger partial charge in [-0.05, 0) is 49.6 Å². The molecule has 1 amide bonds. The number of nitrogens with one attached hydrogen (secondary N) is 1. The van der Waals surface area contributed by atoms with E-state index in [2.05, 4.69) is 15.5 Å². The second kappa shape index (κ2) is 8.61. The number of anilines is 1. The number of amides is 1. The van der Waals surface area contributed by atoms with Gasteiger partial charge in [-0.15, -0.1) is 10.2 Å². The van der Waals surface area contributed by atoms with Crippen LogP contribution in [0.25, 0.3) is 5.65 Å². The first kappa shape index (κ1) is 20.6. The van der Waals surface area contributed by atoms with Crippen LogP contribution in [0.1, 0.15) is 35.4 Å². The molecule has 1 aliphatic rings. The van der Waals surface area contributed by atoms with Gasteiger partial charge in [0.1, 0.15) is 5.82 Å². The molecule has 2 aromatic heterocycles. The molecule has 1 saturated heterocycles. The Hall–Kier alpha value is -2.65. The Bertz CT molecular complexity index is 1180. The summed E-state index contributed by atoms with van der Waals surface area (Å²) in [6, 6.07) is 10.5. The Morgan fingerprint density at radius 2 is 2.03 bits per heavy atom. The van der Waals surface area contributed by atoms with Gasteiger partial charge in [0.25, 0.3) is 5.91 Å². The second-order valence-corrected chi connectivity index (χ2v) is 9.58. The zero-order valence-electron chi connectivity index (χ0n) is 16.3. The zero-order valence-corrected chi connectivity index (χ0v) is 17.9. The topological polar surface area (TPSA) is 96.7 Å². The van der Waals surface area contributed by atoms with Crippen LogP contribution >= 0.6 is 11.6 Å². The van der Waals surface area contributed by atoms with Gasteiger partial charge in [-0.1, -0.05) is 17.7 Å². The van der Waals surface area contributed by atoms with Crippen molar-refractivity contribution in [2.45, 2.75) is 25.7 Å². The summed E-state index contributed by atoms with van der Waals surface area (Å²) in [7, 11) is -3.32. The minimum Gasteiger partial charge on any atom is -0.352 e. The second-order valence-electron chi connectivity index (χ2n) is 7.16. The van der Waals surface area contributed by atoms with Crippen LogP contribution in [0, 0.1) is 0 Å². The number of carbonyl (C=O) groups is 1. The molecule has 0 spiro atoms. The number of fused-ring (bicyclic) bond motifs is 1. The molecule has 0 bridgehead atoms. The average Bonchev–Trinajstić information content (AvgIpc) is 3.14. The molecule has 3 heterocycles. The minimum atomic E-state index is -3.32. The minimum absolute atomic E-state index is 0.133. The number of aryl methyl sites for hydroxylation is 1. The summed E-state index contributed by atoms with van der Waals surface area (Å²) in [5.74, 6) is 0.679.